The predicted octanol–water partition coefficient (Wildman–Crippen LogP) is 3.45. The summed E-state index contributed by atoms with van der Waals surface area (Å²) < 4.78 is 0. The van der Waals surface area contributed by atoms with Crippen LogP contribution in [0.25, 0.3) is 0 Å². The van der Waals surface area contributed by atoms with Gasteiger partial charge in [0.15, 0.2) is 0 Å². The van der Waals surface area contributed by atoms with Crippen molar-refractivity contribution >= 4 is 28.2 Å². The number of carbonyl (C=O) groups excluding carboxylic acids is 1. The number of pyridine rings is 1. The summed E-state index contributed by atoms with van der Waals surface area (Å²) in [7, 11) is 0. The van der Waals surface area contributed by atoms with Gasteiger partial charge in [0.25, 0.3) is 5.91 Å². The molecular weight excluding hydrogens is 322 g/mol. The summed E-state index contributed by atoms with van der Waals surface area (Å²) in [5.74, 6) is 1.48. The fourth-order valence-electron chi connectivity index (χ4n) is 3.08. The van der Waals surface area contributed by atoms with E-state index in [-0.39, 0.29) is 5.91 Å². The molecule has 1 N–H and O–H groups in total. The van der Waals surface area contributed by atoms with Gasteiger partial charge >= 0.3 is 0 Å². The zero-order chi connectivity index (χ0) is 17.2. The number of rotatable bonds is 3. The first-order valence-electron chi connectivity index (χ1n) is 8.22. The molecule has 128 valence electrons. The minimum atomic E-state index is -0.211. The molecule has 1 aliphatic rings. The Morgan fingerprint density at radius 1 is 1.29 bits per heavy atom. The fourth-order valence-corrected chi connectivity index (χ4v) is 3.52. The van der Waals surface area contributed by atoms with Gasteiger partial charge in [-0.1, -0.05) is 32.1 Å². The van der Waals surface area contributed by atoms with Gasteiger partial charge in [-0.2, -0.15) is 0 Å². The molecule has 1 saturated heterocycles. The lowest BCUT2D eigenvalue weighted by Gasteiger charge is -2.39. The number of aromatic nitrogens is 3. The lowest BCUT2D eigenvalue weighted by molar-refractivity contribution is 0.102. The molecule has 1 aliphatic heterocycles. The number of amides is 1. The largest absolute Gasteiger partial charge is 0.357 e. The van der Waals surface area contributed by atoms with E-state index in [0.29, 0.717) is 16.1 Å². The van der Waals surface area contributed by atoms with Crippen molar-refractivity contribution in [2.24, 2.45) is 11.3 Å². The Morgan fingerprint density at radius 2 is 2.04 bits per heavy atom. The zero-order valence-corrected chi connectivity index (χ0v) is 15.1. The molecule has 0 unspecified atom stereocenters. The van der Waals surface area contributed by atoms with Gasteiger partial charge in [0.1, 0.15) is 11.3 Å². The summed E-state index contributed by atoms with van der Waals surface area (Å²) in [5.41, 5.74) is 2.48. The number of nitrogens with one attached hydrogen (secondary N) is 1. The van der Waals surface area contributed by atoms with Gasteiger partial charge in [-0.3, -0.25) is 10.1 Å². The summed E-state index contributed by atoms with van der Waals surface area (Å²) in [5, 5.41) is 10.7. The second kappa shape index (κ2) is 6.84. The Labute approximate surface area is 146 Å². The highest BCUT2D eigenvalue weighted by Gasteiger charge is 2.29. The number of hydrogen-bond acceptors (Lipinski definition) is 6. The van der Waals surface area contributed by atoms with E-state index in [1.54, 1.807) is 11.7 Å². The number of nitrogens with zero attached hydrogens (tertiary/aromatic N) is 4. The van der Waals surface area contributed by atoms with Crippen LogP contribution < -0.4 is 10.2 Å². The summed E-state index contributed by atoms with van der Waals surface area (Å²) in [6.07, 6.45) is 4.00. The van der Waals surface area contributed by atoms with Crippen molar-refractivity contribution in [1.29, 1.82) is 0 Å². The average Bonchev–Trinajstić information content (AvgIpc) is 3.07. The van der Waals surface area contributed by atoms with Crippen molar-refractivity contribution in [2.45, 2.75) is 33.6 Å². The second-order valence-corrected chi connectivity index (χ2v) is 8.06. The van der Waals surface area contributed by atoms with E-state index in [4.69, 9.17) is 0 Å². The maximum Gasteiger partial charge on any atom is 0.259 e. The van der Waals surface area contributed by atoms with Gasteiger partial charge in [0.05, 0.1) is 5.56 Å². The summed E-state index contributed by atoms with van der Waals surface area (Å²) >= 11 is 1.29. The van der Waals surface area contributed by atoms with Crippen LogP contribution in [0, 0.1) is 11.3 Å². The molecule has 0 atom stereocenters. The van der Waals surface area contributed by atoms with Crippen molar-refractivity contribution < 1.29 is 4.79 Å². The minimum absolute atomic E-state index is 0.211. The van der Waals surface area contributed by atoms with Gasteiger partial charge in [-0.05, 0) is 36.3 Å². The molecule has 3 rings (SSSR count). The molecule has 2 aromatic rings. The highest BCUT2D eigenvalue weighted by molar-refractivity contribution is 7.13. The van der Waals surface area contributed by atoms with Crippen LogP contribution in [0.3, 0.4) is 0 Å². The first kappa shape index (κ1) is 16.8. The Bertz CT molecular complexity index is 670. The van der Waals surface area contributed by atoms with Crippen LogP contribution in [-0.4, -0.2) is 34.2 Å². The smallest absolute Gasteiger partial charge is 0.259 e. The van der Waals surface area contributed by atoms with Crippen LogP contribution in [0.2, 0.25) is 0 Å². The SMILES string of the molecule is CC(C)(C)C1CCN(c2ccc(C(=O)Nc3nncs3)cn2)CC1. The van der Waals surface area contributed by atoms with E-state index < -0.39 is 0 Å². The van der Waals surface area contributed by atoms with Crippen molar-refractivity contribution in [3.05, 3.63) is 29.4 Å². The van der Waals surface area contributed by atoms with E-state index in [2.05, 4.69) is 46.2 Å². The molecule has 0 radical (unpaired) electrons. The molecule has 0 aliphatic carbocycles. The number of anilines is 2. The molecule has 2 aromatic heterocycles. The van der Waals surface area contributed by atoms with E-state index in [1.165, 1.54) is 24.2 Å². The quantitative estimate of drug-likeness (QED) is 0.922. The first-order valence-corrected chi connectivity index (χ1v) is 9.10. The Balaban J connectivity index is 1.60. The van der Waals surface area contributed by atoms with Crippen molar-refractivity contribution in [3.63, 3.8) is 0 Å². The lowest BCUT2D eigenvalue weighted by atomic mass is 9.75. The number of carbonyl (C=O) groups is 1. The van der Waals surface area contributed by atoms with Gasteiger partial charge in [-0.15, -0.1) is 10.2 Å². The Kier molecular flexibility index (Phi) is 4.80. The van der Waals surface area contributed by atoms with Gasteiger partial charge in [0, 0.05) is 19.3 Å². The third kappa shape index (κ3) is 3.90. The van der Waals surface area contributed by atoms with Crippen LogP contribution in [0.4, 0.5) is 10.9 Å². The molecular formula is C17H23N5OS. The van der Waals surface area contributed by atoms with Crippen molar-refractivity contribution in [2.75, 3.05) is 23.3 Å². The predicted molar refractivity (Wildman–Crippen MR) is 96.5 cm³/mol. The normalized spacial score (nSPS) is 16.2. The summed E-state index contributed by atoms with van der Waals surface area (Å²) in [6, 6.07) is 3.74. The van der Waals surface area contributed by atoms with Crippen LogP contribution in [0.1, 0.15) is 44.0 Å². The molecule has 1 amide bonds. The standard InChI is InChI=1S/C17H23N5OS/c1-17(2,3)13-6-8-22(9-7-13)14-5-4-12(10-18-14)15(23)20-16-21-19-11-24-16/h4-5,10-11,13H,6-9H2,1-3H3,(H,20,21,23). The minimum Gasteiger partial charge on any atom is -0.357 e. The van der Waals surface area contributed by atoms with Gasteiger partial charge in [-0.25, -0.2) is 4.98 Å². The topological polar surface area (TPSA) is 71.0 Å². The van der Waals surface area contributed by atoms with Gasteiger partial charge < -0.3 is 4.90 Å². The molecule has 24 heavy (non-hydrogen) atoms. The molecule has 0 saturated carbocycles. The maximum absolute atomic E-state index is 12.1. The van der Waals surface area contributed by atoms with Crippen LogP contribution in [0.5, 0.6) is 0 Å². The van der Waals surface area contributed by atoms with Crippen molar-refractivity contribution in [3.8, 4) is 0 Å². The molecule has 0 bridgehead atoms. The number of piperidine rings is 1. The third-order valence-corrected chi connectivity index (χ3v) is 5.24. The maximum atomic E-state index is 12.1. The van der Waals surface area contributed by atoms with Crippen LogP contribution >= 0.6 is 11.3 Å². The van der Waals surface area contributed by atoms with E-state index in [0.717, 1.165) is 24.8 Å². The van der Waals surface area contributed by atoms with Gasteiger partial charge in [0.2, 0.25) is 5.13 Å². The van der Waals surface area contributed by atoms with E-state index in [1.807, 2.05) is 12.1 Å². The molecule has 7 heteroatoms. The number of hydrogen-bond donors (Lipinski definition) is 1. The van der Waals surface area contributed by atoms with Crippen molar-refractivity contribution in [1.82, 2.24) is 15.2 Å². The molecule has 0 aromatic carbocycles. The summed E-state index contributed by atoms with van der Waals surface area (Å²) in [6.45, 7) is 8.99. The zero-order valence-electron chi connectivity index (χ0n) is 14.3. The van der Waals surface area contributed by atoms with Crippen LogP contribution in [0.15, 0.2) is 23.8 Å². The molecule has 3 heterocycles. The molecule has 1 fully saturated rings. The highest BCUT2D eigenvalue weighted by atomic mass is 32.1. The van der Waals surface area contributed by atoms with E-state index >= 15 is 0 Å². The average molecular weight is 345 g/mol. The summed E-state index contributed by atoms with van der Waals surface area (Å²) in [4.78, 5) is 18.9. The Hall–Kier alpha value is -2.02. The molecule has 0 spiro atoms. The highest BCUT2D eigenvalue weighted by Crippen LogP contribution is 2.35. The monoisotopic (exact) mass is 345 g/mol. The first-order chi connectivity index (χ1) is 11.4. The van der Waals surface area contributed by atoms with E-state index in [9.17, 15) is 4.79 Å². The van der Waals surface area contributed by atoms with Crippen LogP contribution in [-0.2, 0) is 0 Å². The third-order valence-electron chi connectivity index (χ3n) is 4.63. The fraction of sp³-hybridized carbons (Fsp3) is 0.529. The lowest BCUT2D eigenvalue weighted by Crippen LogP contribution is -2.38. The Morgan fingerprint density at radius 3 is 2.58 bits per heavy atom. The molecule has 6 nitrogen and oxygen atoms in total. The second-order valence-electron chi connectivity index (χ2n) is 7.23.